The van der Waals surface area contributed by atoms with Crippen molar-refractivity contribution in [2.45, 2.75) is 26.3 Å². The van der Waals surface area contributed by atoms with Crippen molar-refractivity contribution in [2.75, 3.05) is 91.6 Å². The molecule has 312 valence electrons. The van der Waals surface area contributed by atoms with E-state index in [4.69, 9.17) is 4.99 Å². The predicted octanol–water partition coefficient (Wildman–Crippen LogP) is -1.04. The summed E-state index contributed by atoms with van der Waals surface area (Å²) in [5.74, 6) is -7.79. The number of nitrogens with zero attached hydrogens (tertiary/aromatic N) is 7. The van der Waals surface area contributed by atoms with Gasteiger partial charge in [-0.15, -0.1) is 0 Å². The second-order valence-electron chi connectivity index (χ2n) is 13.3. The van der Waals surface area contributed by atoms with Gasteiger partial charge in [0.05, 0.1) is 63.1 Å². The second-order valence-corrected chi connectivity index (χ2v) is 13.3. The Bertz CT molecular complexity index is 1940. The summed E-state index contributed by atoms with van der Waals surface area (Å²) in [6.45, 7) is -0.635. The van der Waals surface area contributed by atoms with Crippen molar-refractivity contribution in [1.29, 1.82) is 0 Å². The summed E-state index contributed by atoms with van der Waals surface area (Å²) in [6, 6.07) is 6.54. The van der Waals surface area contributed by atoms with Gasteiger partial charge in [-0.2, -0.15) is 0 Å². The maximum Gasteiger partial charge on any atom is 0.317 e. The normalized spacial score (nSPS) is 12.5. The molecule has 8 N–H and O–H groups in total. The number of carboxylic acids is 6. The van der Waals surface area contributed by atoms with Gasteiger partial charge in [0.25, 0.3) is 0 Å². The number of hydrogen-bond donors (Lipinski definition) is 8. The number of benzene rings is 2. The lowest BCUT2D eigenvalue weighted by atomic mass is 10.0. The number of hydrogen-bond acceptors (Lipinski definition) is 14. The van der Waals surface area contributed by atoms with Crippen LogP contribution in [0.2, 0.25) is 0 Å². The quantitative estimate of drug-likeness (QED) is 0.0456. The highest BCUT2D eigenvalue weighted by Crippen LogP contribution is 2.37. The maximum absolute atomic E-state index is 11.4. The molecule has 21 nitrogen and oxygen atoms in total. The Morgan fingerprint density at radius 1 is 0.509 bits per heavy atom. The lowest BCUT2D eigenvalue weighted by Crippen LogP contribution is -2.44. The first-order chi connectivity index (χ1) is 27.0. The molecule has 3 rings (SSSR count). The van der Waals surface area contributed by atoms with Crippen LogP contribution in [0.3, 0.4) is 0 Å². The predicted molar refractivity (Wildman–Crippen MR) is 201 cm³/mol. The third-order valence-electron chi connectivity index (χ3n) is 8.86. The molecule has 0 atom stereocenters. The van der Waals surface area contributed by atoms with Crippen LogP contribution < -0.4 is 10.7 Å². The average Bonchev–Trinajstić information content (AvgIpc) is 3.10. The zero-order valence-corrected chi connectivity index (χ0v) is 31.5. The molecule has 21 heteroatoms. The maximum atomic E-state index is 11.4. The Morgan fingerprint density at radius 3 is 1.19 bits per heavy atom. The molecular formula is C36H49N7O14. The van der Waals surface area contributed by atoms with E-state index in [0.29, 0.717) is 45.2 Å². The van der Waals surface area contributed by atoms with Crippen LogP contribution in [-0.4, -0.2) is 192 Å². The van der Waals surface area contributed by atoms with Gasteiger partial charge in [-0.1, -0.05) is 13.3 Å². The molecule has 0 aliphatic rings. The summed E-state index contributed by atoms with van der Waals surface area (Å²) in [5, 5.41) is 80.7. The molecular weight excluding hydrogens is 754 g/mol. The lowest BCUT2D eigenvalue weighted by molar-refractivity contribution is -0.143. The van der Waals surface area contributed by atoms with E-state index in [9.17, 15) is 69.6 Å². The van der Waals surface area contributed by atoms with Crippen LogP contribution in [0.4, 0.5) is 0 Å². The fourth-order valence-electron chi connectivity index (χ4n) is 6.33. The summed E-state index contributed by atoms with van der Waals surface area (Å²) < 4.78 is 1.40. The molecule has 0 unspecified atom stereocenters. The van der Waals surface area contributed by atoms with Crippen molar-refractivity contribution in [3.05, 3.63) is 35.0 Å². The smallest absolute Gasteiger partial charge is 0.317 e. The highest BCUT2D eigenvalue weighted by atomic mass is 16.4. The first kappa shape index (κ1) is 45.5. The van der Waals surface area contributed by atoms with E-state index in [1.807, 2.05) is 6.92 Å². The molecule has 0 fully saturated rings. The average molecular weight is 804 g/mol. The van der Waals surface area contributed by atoms with Crippen LogP contribution in [0.15, 0.2) is 34.3 Å². The molecule has 0 aliphatic carbocycles. The summed E-state index contributed by atoms with van der Waals surface area (Å²) in [4.78, 5) is 83.1. The van der Waals surface area contributed by atoms with E-state index in [2.05, 4.69) is 4.99 Å². The van der Waals surface area contributed by atoms with Crippen LogP contribution >= 0.6 is 0 Å². The number of aromatic nitrogens is 1. The number of aliphatic carboxylic acids is 6. The molecule has 1 aromatic heterocycles. The molecule has 0 radical (unpaired) electrons. The van der Waals surface area contributed by atoms with Crippen molar-refractivity contribution < 1.29 is 69.6 Å². The first-order valence-electron chi connectivity index (χ1n) is 18.1. The Balaban J connectivity index is 2.10. The molecule has 0 amide bonds. The van der Waals surface area contributed by atoms with E-state index in [1.165, 1.54) is 19.3 Å². The zero-order chi connectivity index (χ0) is 42.2. The molecule has 1 heterocycles. The molecule has 0 saturated carbocycles. The Labute approximate surface area is 325 Å². The van der Waals surface area contributed by atoms with Gasteiger partial charge >= 0.3 is 35.8 Å². The van der Waals surface area contributed by atoms with Crippen molar-refractivity contribution in [3.63, 3.8) is 0 Å². The minimum absolute atomic E-state index is 0.0139. The molecule has 0 spiro atoms. The van der Waals surface area contributed by atoms with E-state index in [-0.39, 0.29) is 64.1 Å². The standard InChI is InChI=1S/C36H49N7O14/c1-2-3-10-43-35(56)23-4-6-25(34-26(7-5-24(33(23)34)36(43)57)38-9-12-40(17-27(44)45)18-28(46)47)37-8-11-39(13-15-41(19-29(48)49)20-30(50)51)14-16-42(21-31(52)53)22-32(54)55/h4-7,56-57H,2-3,8-22H2,1H3,(H,44,45)(H,46,47)(H,48,49)(H,50,51)(H,52,53)(H,54,55). The summed E-state index contributed by atoms with van der Waals surface area (Å²) in [7, 11) is 0. The Morgan fingerprint density at radius 2 is 0.842 bits per heavy atom. The fourth-order valence-corrected chi connectivity index (χ4v) is 6.33. The Kier molecular flexibility index (Phi) is 17.6. The summed E-state index contributed by atoms with van der Waals surface area (Å²) in [5.41, 5.74) is 0. The van der Waals surface area contributed by atoms with Gasteiger partial charge in [-0.05, 0) is 30.7 Å². The van der Waals surface area contributed by atoms with Gasteiger partial charge in [-0.25, -0.2) is 0 Å². The lowest BCUT2D eigenvalue weighted by Gasteiger charge is -2.28. The molecule has 2 aromatic carbocycles. The Hall–Kier alpha value is -5.90. The fraction of sp³-hybridized carbons (Fsp3) is 0.500. The summed E-state index contributed by atoms with van der Waals surface area (Å²) in [6.07, 6.45) is 1.46. The largest absolute Gasteiger partial charge is 0.494 e. The summed E-state index contributed by atoms with van der Waals surface area (Å²) >= 11 is 0. The molecule has 0 bridgehead atoms. The number of unbranched alkanes of at least 4 members (excludes halogenated alkanes) is 1. The molecule has 0 aliphatic heterocycles. The number of pyridine rings is 1. The van der Waals surface area contributed by atoms with Crippen molar-refractivity contribution >= 4 is 57.4 Å². The molecule has 57 heavy (non-hydrogen) atoms. The SMILES string of the molecule is CCCCn1c(O)c2ccc(=NCCN(CCN(CC(=O)O)CC(=O)O)CCN(CC(=O)O)CC(=O)O)c3c(=NCCN(CC(=O)O)CC(=O)O)ccc(c1O)c23. The highest BCUT2D eigenvalue weighted by Gasteiger charge is 2.20. The van der Waals surface area contributed by atoms with Gasteiger partial charge in [0.15, 0.2) is 0 Å². The third-order valence-corrected chi connectivity index (χ3v) is 8.86. The van der Waals surface area contributed by atoms with Crippen LogP contribution in [-0.2, 0) is 35.3 Å². The molecule has 0 saturated heterocycles. The van der Waals surface area contributed by atoms with Gasteiger partial charge in [-0.3, -0.25) is 62.9 Å². The highest BCUT2D eigenvalue weighted by molar-refractivity contribution is 6.13. The van der Waals surface area contributed by atoms with Crippen LogP contribution in [0, 0.1) is 0 Å². The zero-order valence-electron chi connectivity index (χ0n) is 31.5. The first-order valence-corrected chi connectivity index (χ1v) is 18.1. The number of carboxylic acid groups (broad SMARTS) is 6. The van der Waals surface area contributed by atoms with Gasteiger partial charge < -0.3 is 40.9 Å². The van der Waals surface area contributed by atoms with Gasteiger partial charge in [0.1, 0.15) is 0 Å². The van der Waals surface area contributed by atoms with Crippen LogP contribution in [0.25, 0.3) is 21.5 Å². The van der Waals surface area contributed by atoms with Crippen LogP contribution in [0.5, 0.6) is 11.8 Å². The number of carbonyl (C=O) groups is 6. The third kappa shape index (κ3) is 14.3. The van der Waals surface area contributed by atoms with Crippen molar-refractivity contribution in [2.24, 2.45) is 9.98 Å². The van der Waals surface area contributed by atoms with E-state index in [0.717, 1.165) is 6.42 Å². The number of rotatable bonds is 27. The van der Waals surface area contributed by atoms with E-state index >= 15 is 0 Å². The monoisotopic (exact) mass is 803 g/mol. The van der Waals surface area contributed by atoms with Gasteiger partial charge in [0, 0.05) is 67.4 Å². The number of aromatic hydroxyl groups is 2. The van der Waals surface area contributed by atoms with Crippen molar-refractivity contribution in [3.8, 4) is 11.8 Å². The van der Waals surface area contributed by atoms with E-state index < -0.39 is 75.1 Å². The minimum atomic E-state index is -1.24. The minimum Gasteiger partial charge on any atom is -0.494 e. The topological polar surface area (TPSA) is 307 Å². The molecule has 3 aromatic rings. The van der Waals surface area contributed by atoms with Gasteiger partial charge in [0.2, 0.25) is 11.8 Å². The van der Waals surface area contributed by atoms with Crippen LogP contribution in [0.1, 0.15) is 19.8 Å². The van der Waals surface area contributed by atoms with Crippen molar-refractivity contribution in [1.82, 2.24) is 24.2 Å². The second kappa shape index (κ2) is 22.0. The van der Waals surface area contributed by atoms with E-state index in [1.54, 1.807) is 29.2 Å².